The average Bonchev–Trinajstić information content (AvgIpc) is 2.49. The van der Waals surface area contributed by atoms with E-state index >= 15 is 0 Å². The molecule has 1 aromatic carbocycles. The molecule has 0 amide bonds. The van der Waals surface area contributed by atoms with Crippen LogP contribution in [0.3, 0.4) is 0 Å². The number of para-hydroxylation sites is 1. The van der Waals surface area contributed by atoms with E-state index < -0.39 is 23.8 Å². The molecule has 1 heterocycles. The van der Waals surface area contributed by atoms with Crippen LogP contribution in [0.5, 0.6) is 0 Å². The molecule has 0 aliphatic heterocycles. The zero-order valence-electron chi connectivity index (χ0n) is 12.0. The predicted octanol–water partition coefficient (Wildman–Crippen LogP) is 3.07. The lowest BCUT2D eigenvalue weighted by atomic mass is 9.82. The number of carbonyl (C=O) groups is 2. The fourth-order valence-electron chi connectivity index (χ4n) is 2.59. The molecule has 1 aromatic heterocycles. The third kappa shape index (κ3) is 3.49. The maximum Gasteiger partial charge on any atom is 0.307 e. The van der Waals surface area contributed by atoms with E-state index in [0.717, 1.165) is 10.9 Å². The summed E-state index contributed by atoms with van der Waals surface area (Å²) in [5.41, 5.74) is 1.41. The molecule has 114 valence electrons. The summed E-state index contributed by atoms with van der Waals surface area (Å²) in [4.78, 5) is 26.9. The van der Waals surface area contributed by atoms with Crippen molar-refractivity contribution in [1.82, 2.24) is 4.98 Å². The second-order valence-corrected chi connectivity index (χ2v) is 5.13. The number of benzene rings is 1. The Bertz CT molecular complexity index is 711. The van der Waals surface area contributed by atoms with Crippen LogP contribution in [0.1, 0.15) is 24.3 Å². The fraction of sp³-hybridized carbons (Fsp3) is 0.235. The predicted molar refractivity (Wildman–Crippen MR) is 82.7 cm³/mol. The van der Waals surface area contributed by atoms with Gasteiger partial charge in [0.05, 0.1) is 17.9 Å². The van der Waals surface area contributed by atoms with Crippen molar-refractivity contribution >= 4 is 22.8 Å². The Labute approximate surface area is 127 Å². The summed E-state index contributed by atoms with van der Waals surface area (Å²) in [6, 6.07) is 9.26. The number of allylic oxidation sites excluding steroid dienone is 1. The summed E-state index contributed by atoms with van der Waals surface area (Å²) in [5, 5.41) is 19.4. The number of rotatable bonds is 7. The Morgan fingerprint density at radius 1 is 1.27 bits per heavy atom. The first-order chi connectivity index (χ1) is 10.5. The molecule has 5 heteroatoms. The van der Waals surface area contributed by atoms with Gasteiger partial charge in [-0.3, -0.25) is 14.6 Å². The van der Waals surface area contributed by atoms with Crippen molar-refractivity contribution in [3.63, 3.8) is 0 Å². The van der Waals surface area contributed by atoms with E-state index in [9.17, 15) is 14.7 Å². The lowest BCUT2D eigenvalue weighted by Gasteiger charge is -2.22. The number of fused-ring (bicyclic) bond motifs is 1. The van der Waals surface area contributed by atoms with Crippen molar-refractivity contribution in [3.05, 3.63) is 54.7 Å². The topological polar surface area (TPSA) is 87.5 Å². The van der Waals surface area contributed by atoms with Gasteiger partial charge >= 0.3 is 11.9 Å². The highest BCUT2D eigenvalue weighted by Gasteiger charge is 2.30. The first kappa shape index (κ1) is 15.7. The van der Waals surface area contributed by atoms with E-state index in [0.29, 0.717) is 5.56 Å². The summed E-state index contributed by atoms with van der Waals surface area (Å²) < 4.78 is 0. The maximum atomic E-state index is 11.5. The molecule has 0 saturated heterocycles. The number of aliphatic carboxylic acids is 2. The number of hydrogen-bond donors (Lipinski definition) is 2. The molecule has 22 heavy (non-hydrogen) atoms. The number of carboxylic acid groups (broad SMARTS) is 2. The molecule has 2 aromatic rings. The van der Waals surface area contributed by atoms with Crippen molar-refractivity contribution in [2.45, 2.75) is 18.8 Å². The zero-order valence-corrected chi connectivity index (χ0v) is 12.0. The minimum atomic E-state index is -1.03. The van der Waals surface area contributed by atoms with Crippen LogP contribution in [0.15, 0.2) is 49.2 Å². The minimum Gasteiger partial charge on any atom is -0.481 e. The van der Waals surface area contributed by atoms with Gasteiger partial charge in [0.1, 0.15) is 0 Å². The number of carboxylic acids is 2. The van der Waals surface area contributed by atoms with Crippen LogP contribution in [-0.2, 0) is 9.59 Å². The van der Waals surface area contributed by atoms with Crippen molar-refractivity contribution in [1.29, 1.82) is 0 Å². The molecular formula is C17H17NO4. The summed E-state index contributed by atoms with van der Waals surface area (Å²) >= 11 is 0. The monoisotopic (exact) mass is 299 g/mol. The van der Waals surface area contributed by atoms with Gasteiger partial charge < -0.3 is 10.2 Å². The largest absolute Gasteiger partial charge is 0.481 e. The molecule has 2 unspecified atom stereocenters. The Balaban J connectivity index is 2.47. The van der Waals surface area contributed by atoms with Gasteiger partial charge in [0.15, 0.2) is 0 Å². The van der Waals surface area contributed by atoms with Gasteiger partial charge in [0.2, 0.25) is 0 Å². The molecule has 0 saturated carbocycles. The molecule has 0 fully saturated rings. The molecule has 0 bridgehead atoms. The van der Waals surface area contributed by atoms with E-state index in [-0.39, 0.29) is 12.8 Å². The Morgan fingerprint density at radius 2 is 2.00 bits per heavy atom. The normalized spacial score (nSPS) is 13.5. The van der Waals surface area contributed by atoms with E-state index in [1.807, 2.05) is 30.3 Å². The molecule has 5 nitrogen and oxygen atoms in total. The van der Waals surface area contributed by atoms with Crippen LogP contribution in [0, 0.1) is 5.92 Å². The van der Waals surface area contributed by atoms with Crippen LogP contribution in [0.4, 0.5) is 0 Å². The van der Waals surface area contributed by atoms with E-state index in [2.05, 4.69) is 11.6 Å². The van der Waals surface area contributed by atoms with Crippen LogP contribution in [0.25, 0.3) is 10.9 Å². The average molecular weight is 299 g/mol. The van der Waals surface area contributed by atoms with Gasteiger partial charge in [0, 0.05) is 17.5 Å². The lowest BCUT2D eigenvalue weighted by molar-refractivity contribution is -0.143. The Hall–Kier alpha value is -2.69. The van der Waals surface area contributed by atoms with Gasteiger partial charge in [-0.1, -0.05) is 24.3 Å². The highest BCUT2D eigenvalue weighted by Crippen LogP contribution is 2.32. The fourth-order valence-corrected chi connectivity index (χ4v) is 2.59. The van der Waals surface area contributed by atoms with E-state index in [1.54, 1.807) is 6.20 Å². The lowest BCUT2D eigenvalue weighted by Crippen LogP contribution is -2.24. The van der Waals surface area contributed by atoms with Crippen LogP contribution in [0.2, 0.25) is 0 Å². The molecular weight excluding hydrogens is 282 g/mol. The van der Waals surface area contributed by atoms with Crippen LogP contribution in [-0.4, -0.2) is 27.1 Å². The first-order valence-corrected chi connectivity index (χ1v) is 6.93. The third-order valence-electron chi connectivity index (χ3n) is 3.66. The summed E-state index contributed by atoms with van der Waals surface area (Å²) in [6.45, 7) is 3.56. The summed E-state index contributed by atoms with van der Waals surface area (Å²) in [6.07, 6.45) is 3.02. The number of aromatic nitrogens is 1. The van der Waals surface area contributed by atoms with Crippen molar-refractivity contribution in [2.75, 3.05) is 0 Å². The van der Waals surface area contributed by atoms with Crippen molar-refractivity contribution < 1.29 is 19.8 Å². The summed E-state index contributed by atoms with van der Waals surface area (Å²) in [5.74, 6) is -3.55. The molecule has 2 N–H and O–H groups in total. The van der Waals surface area contributed by atoms with Crippen LogP contribution >= 0.6 is 0 Å². The number of nitrogens with zero attached hydrogens (tertiary/aromatic N) is 1. The minimum absolute atomic E-state index is 0.208. The molecule has 0 radical (unpaired) electrons. The van der Waals surface area contributed by atoms with Gasteiger partial charge in [-0.15, -0.1) is 6.58 Å². The van der Waals surface area contributed by atoms with E-state index in [1.165, 1.54) is 6.08 Å². The number of pyridine rings is 1. The van der Waals surface area contributed by atoms with Crippen molar-refractivity contribution in [3.8, 4) is 0 Å². The van der Waals surface area contributed by atoms with Crippen molar-refractivity contribution in [2.24, 2.45) is 5.92 Å². The van der Waals surface area contributed by atoms with Crippen LogP contribution < -0.4 is 0 Å². The first-order valence-electron chi connectivity index (χ1n) is 6.93. The Morgan fingerprint density at radius 3 is 2.64 bits per heavy atom. The standard InChI is InChI=1S/C17H17NO4/c1-2-5-13(17(21)22)14(9-16(19)20)12-8-11-6-3-4-7-15(11)18-10-12/h2-4,6-8,10,13-14H,1,5,9H2,(H,19,20)(H,21,22). The highest BCUT2D eigenvalue weighted by molar-refractivity contribution is 5.80. The smallest absolute Gasteiger partial charge is 0.307 e. The second-order valence-electron chi connectivity index (χ2n) is 5.13. The highest BCUT2D eigenvalue weighted by atomic mass is 16.4. The second kappa shape index (κ2) is 6.85. The Kier molecular flexibility index (Phi) is 4.88. The van der Waals surface area contributed by atoms with Gasteiger partial charge in [0.25, 0.3) is 0 Å². The molecule has 2 atom stereocenters. The van der Waals surface area contributed by atoms with Gasteiger partial charge in [-0.2, -0.15) is 0 Å². The molecule has 0 aliphatic rings. The molecule has 0 aliphatic carbocycles. The zero-order chi connectivity index (χ0) is 16.1. The van der Waals surface area contributed by atoms with E-state index in [4.69, 9.17) is 5.11 Å². The SMILES string of the molecule is C=CCC(C(=O)O)C(CC(=O)O)c1cnc2ccccc2c1. The molecule has 0 spiro atoms. The third-order valence-corrected chi connectivity index (χ3v) is 3.66. The molecule has 2 rings (SSSR count). The number of hydrogen-bond acceptors (Lipinski definition) is 3. The van der Waals surface area contributed by atoms with Gasteiger partial charge in [-0.05, 0) is 24.1 Å². The maximum absolute atomic E-state index is 11.5. The van der Waals surface area contributed by atoms with Gasteiger partial charge in [-0.25, -0.2) is 0 Å². The summed E-state index contributed by atoms with van der Waals surface area (Å²) in [7, 11) is 0. The quantitative estimate of drug-likeness (QED) is 0.767.